The molecule has 1 atom stereocenters. The molecule has 0 spiro atoms. The van der Waals surface area contributed by atoms with Crippen molar-refractivity contribution in [2.75, 3.05) is 5.73 Å². The van der Waals surface area contributed by atoms with Gasteiger partial charge in [0.05, 0.1) is 0 Å². The summed E-state index contributed by atoms with van der Waals surface area (Å²) >= 11 is 0. The van der Waals surface area contributed by atoms with Crippen molar-refractivity contribution < 1.29 is 0 Å². The third kappa shape index (κ3) is 2.74. The molecule has 4 N–H and O–H groups in total. The molecule has 0 bridgehead atoms. The Morgan fingerprint density at radius 3 is 2.64 bits per heavy atom. The van der Waals surface area contributed by atoms with Crippen molar-refractivity contribution >= 4 is 5.69 Å². The molecule has 2 heteroatoms. The zero-order valence-corrected chi connectivity index (χ0v) is 9.09. The van der Waals surface area contributed by atoms with Crippen LogP contribution in [0.3, 0.4) is 0 Å². The molecule has 0 aromatic heterocycles. The van der Waals surface area contributed by atoms with Crippen molar-refractivity contribution in [1.82, 2.24) is 0 Å². The first-order chi connectivity index (χ1) is 6.65. The van der Waals surface area contributed by atoms with Crippen LogP contribution in [0.15, 0.2) is 18.2 Å². The van der Waals surface area contributed by atoms with Gasteiger partial charge < -0.3 is 11.5 Å². The van der Waals surface area contributed by atoms with Crippen molar-refractivity contribution in [2.24, 2.45) is 5.73 Å². The van der Waals surface area contributed by atoms with Gasteiger partial charge in [-0.25, -0.2) is 0 Å². The molecule has 0 amide bonds. The number of nitrogen functional groups attached to an aromatic ring is 1. The maximum absolute atomic E-state index is 6.04. The third-order valence-electron chi connectivity index (χ3n) is 2.60. The molecule has 1 rings (SSSR count). The van der Waals surface area contributed by atoms with Gasteiger partial charge in [0.2, 0.25) is 0 Å². The number of benzene rings is 1. The molecule has 2 nitrogen and oxygen atoms in total. The van der Waals surface area contributed by atoms with E-state index < -0.39 is 0 Å². The van der Waals surface area contributed by atoms with Gasteiger partial charge in [0.1, 0.15) is 0 Å². The quantitative estimate of drug-likeness (QED) is 0.721. The molecular formula is C12H20N2. The zero-order valence-electron chi connectivity index (χ0n) is 9.09. The summed E-state index contributed by atoms with van der Waals surface area (Å²) < 4.78 is 0. The molecule has 0 aliphatic heterocycles. The minimum Gasteiger partial charge on any atom is -0.399 e. The molecular weight excluding hydrogens is 172 g/mol. The lowest BCUT2D eigenvalue weighted by molar-refractivity contribution is 0.603. The summed E-state index contributed by atoms with van der Waals surface area (Å²) in [5, 5.41) is 0. The fourth-order valence-corrected chi connectivity index (χ4v) is 1.48. The molecule has 0 unspecified atom stereocenters. The van der Waals surface area contributed by atoms with Gasteiger partial charge in [-0.1, -0.05) is 31.9 Å². The van der Waals surface area contributed by atoms with E-state index in [1.807, 2.05) is 19.1 Å². The molecule has 78 valence electrons. The summed E-state index contributed by atoms with van der Waals surface area (Å²) in [6.07, 6.45) is 3.41. The van der Waals surface area contributed by atoms with Crippen LogP contribution in [-0.2, 0) is 0 Å². The summed E-state index contributed by atoms with van der Waals surface area (Å²) in [5.41, 5.74) is 15.0. The molecule has 1 aromatic carbocycles. The topological polar surface area (TPSA) is 52.0 Å². The van der Waals surface area contributed by atoms with E-state index in [4.69, 9.17) is 11.5 Å². The van der Waals surface area contributed by atoms with Gasteiger partial charge in [-0.3, -0.25) is 0 Å². The van der Waals surface area contributed by atoms with Gasteiger partial charge in [0, 0.05) is 11.7 Å². The van der Waals surface area contributed by atoms with Gasteiger partial charge in [-0.15, -0.1) is 0 Å². The summed E-state index contributed by atoms with van der Waals surface area (Å²) in [4.78, 5) is 0. The standard InChI is InChI=1S/C12H20N2/c1-3-4-5-11(13)10-7-6-9(2)12(14)8-10/h6-8,11H,3-5,13-14H2,1-2H3/t11-/m0/s1. The van der Waals surface area contributed by atoms with Crippen molar-refractivity contribution in [1.29, 1.82) is 0 Å². The predicted molar refractivity (Wildman–Crippen MR) is 62.0 cm³/mol. The van der Waals surface area contributed by atoms with Gasteiger partial charge in [-0.05, 0) is 30.5 Å². The predicted octanol–water partition coefficient (Wildman–Crippen LogP) is 2.77. The van der Waals surface area contributed by atoms with E-state index in [0.29, 0.717) is 0 Å². The maximum Gasteiger partial charge on any atom is 0.0347 e. The minimum atomic E-state index is 0.137. The minimum absolute atomic E-state index is 0.137. The molecule has 0 radical (unpaired) electrons. The number of rotatable bonds is 4. The third-order valence-corrected chi connectivity index (χ3v) is 2.60. The van der Waals surface area contributed by atoms with Crippen LogP contribution < -0.4 is 11.5 Å². The number of hydrogen-bond acceptors (Lipinski definition) is 2. The molecule has 0 heterocycles. The Labute approximate surface area is 86.3 Å². The highest BCUT2D eigenvalue weighted by Crippen LogP contribution is 2.21. The first-order valence-corrected chi connectivity index (χ1v) is 5.26. The summed E-state index contributed by atoms with van der Waals surface area (Å²) in [6, 6.07) is 6.25. The van der Waals surface area contributed by atoms with E-state index in [-0.39, 0.29) is 6.04 Å². The summed E-state index contributed by atoms with van der Waals surface area (Å²) in [7, 11) is 0. The van der Waals surface area contributed by atoms with Gasteiger partial charge >= 0.3 is 0 Å². The highest BCUT2D eigenvalue weighted by molar-refractivity contribution is 5.48. The number of aryl methyl sites for hydroxylation is 1. The maximum atomic E-state index is 6.04. The van der Waals surface area contributed by atoms with E-state index in [1.165, 1.54) is 12.8 Å². The Morgan fingerprint density at radius 2 is 2.07 bits per heavy atom. The Balaban J connectivity index is 2.70. The van der Waals surface area contributed by atoms with E-state index in [1.54, 1.807) is 0 Å². The monoisotopic (exact) mass is 192 g/mol. The SMILES string of the molecule is CCCC[C@H](N)c1ccc(C)c(N)c1. The number of nitrogens with two attached hydrogens (primary N) is 2. The fraction of sp³-hybridized carbons (Fsp3) is 0.500. The second-order valence-corrected chi connectivity index (χ2v) is 3.86. The van der Waals surface area contributed by atoms with E-state index in [0.717, 1.165) is 23.2 Å². The number of anilines is 1. The summed E-state index contributed by atoms with van der Waals surface area (Å²) in [5.74, 6) is 0. The van der Waals surface area contributed by atoms with Crippen molar-refractivity contribution in [3.8, 4) is 0 Å². The fourth-order valence-electron chi connectivity index (χ4n) is 1.48. The van der Waals surface area contributed by atoms with Crippen molar-refractivity contribution in [3.05, 3.63) is 29.3 Å². The molecule has 14 heavy (non-hydrogen) atoms. The van der Waals surface area contributed by atoms with E-state index in [9.17, 15) is 0 Å². The first kappa shape index (κ1) is 11.1. The van der Waals surface area contributed by atoms with E-state index in [2.05, 4.69) is 13.0 Å². The van der Waals surface area contributed by atoms with Crippen LogP contribution in [0, 0.1) is 6.92 Å². The van der Waals surface area contributed by atoms with Gasteiger partial charge in [-0.2, -0.15) is 0 Å². The second-order valence-electron chi connectivity index (χ2n) is 3.86. The van der Waals surface area contributed by atoms with Crippen LogP contribution in [0.4, 0.5) is 5.69 Å². The first-order valence-electron chi connectivity index (χ1n) is 5.26. The van der Waals surface area contributed by atoms with Crippen LogP contribution >= 0.6 is 0 Å². The normalized spacial score (nSPS) is 12.8. The van der Waals surface area contributed by atoms with Crippen molar-refractivity contribution in [2.45, 2.75) is 39.2 Å². The Morgan fingerprint density at radius 1 is 1.36 bits per heavy atom. The largest absolute Gasteiger partial charge is 0.399 e. The molecule has 1 aromatic rings. The van der Waals surface area contributed by atoms with Gasteiger partial charge in [0.15, 0.2) is 0 Å². The van der Waals surface area contributed by atoms with Crippen LogP contribution in [0.25, 0.3) is 0 Å². The second kappa shape index (κ2) is 5.01. The van der Waals surface area contributed by atoms with Crippen molar-refractivity contribution in [3.63, 3.8) is 0 Å². The number of hydrogen-bond donors (Lipinski definition) is 2. The molecule has 0 aliphatic rings. The zero-order chi connectivity index (χ0) is 10.6. The lowest BCUT2D eigenvalue weighted by Gasteiger charge is -2.12. The van der Waals surface area contributed by atoms with Crippen LogP contribution in [-0.4, -0.2) is 0 Å². The van der Waals surface area contributed by atoms with Crippen LogP contribution in [0.1, 0.15) is 43.4 Å². The lowest BCUT2D eigenvalue weighted by Crippen LogP contribution is -2.10. The molecule has 0 saturated heterocycles. The van der Waals surface area contributed by atoms with E-state index >= 15 is 0 Å². The average Bonchev–Trinajstić information content (AvgIpc) is 2.18. The highest BCUT2D eigenvalue weighted by atomic mass is 14.6. The lowest BCUT2D eigenvalue weighted by atomic mass is 10.00. The average molecular weight is 192 g/mol. The molecule has 0 fully saturated rings. The highest BCUT2D eigenvalue weighted by Gasteiger charge is 2.05. The Hall–Kier alpha value is -1.02. The number of unbranched alkanes of at least 4 members (excludes halogenated alkanes) is 1. The van der Waals surface area contributed by atoms with Crippen LogP contribution in [0.2, 0.25) is 0 Å². The molecule has 0 saturated carbocycles. The molecule has 0 aliphatic carbocycles. The Bertz CT molecular complexity index is 294. The Kier molecular flexibility index (Phi) is 3.96. The van der Waals surface area contributed by atoms with Crippen LogP contribution in [0.5, 0.6) is 0 Å². The van der Waals surface area contributed by atoms with Gasteiger partial charge in [0.25, 0.3) is 0 Å². The smallest absolute Gasteiger partial charge is 0.0347 e. The summed E-state index contributed by atoms with van der Waals surface area (Å²) in [6.45, 7) is 4.19.